The summed E-state index contributed by atoms with van der Waals surface area (Å²) in [5.41, 5.74) is 0.556. The quantitative estimate of drug-likeness (QED) is 0.718. The Hall–Kier alpha value is 0.270. The molecule has 2 rings (SSSR count). The lowest BCUT2D eigenvalue weighted by Gasteiger charge is -2.35. The maximum atomic E-state index is 9.52. The molecule has 3 heteroatoms. The molecule has 0 aromatic carbocycles. The van der Waals surface area contributed by atoms with Crippen molar-refractivity contribution in [3.05, 3.63) is 0 Å². The van der Waals surface area contributed by atoms with E-state index in [0.29, 0.717) is 11.3 Å². The lowest BCUT2D eigenvalue weighted by molar-refractivity contribution is 0.0661. The molecule has 0 spiro atoms. The maximum Gasteiger partial charge on any atom is 0.0541 e. The highest BCUT2D eigenvalue weighted by molar-refractivity contribution is 7.80. The van der Waals surface area contributed by atoms with Gasteiger partial charge in [0.2, 0.25) is 0 Å². The van der Waals surface area contributed by atoms with Gasteiger partial charge in [-0.05, 0) is 62.8 Å². The molecule has 0 amide bonds. The molecular formula is C12H23NOS. The normalized spacial score (nSPS) is 29.0. The van der Waals surface area contributed by atoms with Crippen LogP contribution >= 0.6 is 12.6 Å². The van der Waals surface area contributed by atoms with E-state index in [0.717, 1.165) is 5.75 Å². The van der Waals surface area contributed by atoms with Crippen LogP contribution in [0.15, 0.2) is 0 Å². The first-order valence-electron chi connectivity index (χ1n) is 6.16. The predicted octanol–water partition coefficient (Wildman–Crippen LogP) is 1.79. The Balaban J connectivity index is 1.74. The number of piperidine rings is 1. The third kappa shape index (κ3) is 2.89. The Morgan fingerprint density at radius 3 is 2.40 bits per heavy atom. The number of aliphatic hydroxyl groups excluding tert-OH is 1. The van der Waals surface area contributed by atoms with Gasteiger partial charge < -0.3 is 10.0 Å². The molecule has 1 aliphatic carbocycles. The Morgan fingerprint density at radius 2 is 2.00 bits per heavy atom. The molecule has 1 atom stereocenters. The van der Waals surface area contributed by atoms with E-state index in [1.165, 1.54) is 45.3 Å². The van der Waals surface area contributed by atoms with Gasteiger partial charge >= 0.3 is 0 Å². The second kappa shape index (κ2) is 4.64. The number of hydrogen-bond donors (Lipinski definition) is 2. The van der Waals surface area contributed by atoms with Crippen LogP contribution in [0.25, 0.3) is 0 Å². The smallest absolute Gasteiger partial charge is 0.0541 e. The molecule has 1 unspecified atom stereocenters. The Morgan fingerprint density at radius 1 is 1.40 bits per heavy atom. The third-order valence-corrected chi connectivity index (χ3v) is 4.84. The molecule has 1 N–H and O–H groups in total. The van der Waals surface area contributed by atoms with E-state index >= 15 is 0 Å². The van der Waals surface area contributed by atoms with Gasteiger partial charge in [-0.25, -0.2) is 0 Å². The molecule has 2 aliphatic rings. The minimum atomic E-state index is -0.119. The fourth-order valence-electron chi connectivity index (χ4n) is 2.61. The zero-order valence-electron chi connectivity index (χ0n) is 9.65. The lowest BCUT2D eigenvalue weighted by atomic mass is 9.91. The predicted molar refractivity (Wildman–Crippen MR) is 66.4 cm³/mol. The van der Waals surface area contributed by atoms with Gasteiger partial charge in [0.05, 0.1) is 6.10 Å². The summed E-state index contributed by atoms with van der Waals surface area (Å²) in [6.45, 7) is 5.51. The van der Waals surface area contributed by atoms with E-state index in [4.69, 9.17) is 0 Å². The van der Waals surface area contributed by atoms with Crippen LogP contribution in [0.5, 0.6) is 0 Å². The summed E-state index contributed by atoms with van der Waals surface area (Å²) in [4.78, 5) is 2.57. The molecule has 1 heterocycles. The fourth-order valence-corrected chi connectivity index (χ4v) is 3.03. The lowest BCUT2D eigenvalue weighted by Crippen LogP contribution is -2.40. The van der Waals surface area contributed by atoms with E-state index in [2.05, 4.69) is 17.5 Å². The number of hydrogen-bond acceptors (Lipinski definition) is 3. The summed E-state index contributed by atoms with van der Waals surface area (Å²) in [6, 6.07) is 0. The Labute approximate surface area is 98.5 Å². The molecular weight excluding hydrogens is 206 g/mol. The minimum absolute atomic E-state index is 0.119. The Bertz CT molecular complexity index is 208. The summed E-state index contributed by atoms with van der Waals surface area (Å²) in [6.07, 6.45) is 4.95. The molecule has 2 fully saturated rings. The average molecular weight is 229 g/mol. The van der Waals surface area contributed by atoms with Crippen LogP contribution in [0.2, 0.25) is 0 Å². The van der Waals surface area contributed by atoms with Crippen LogP contribution in [0.1, 0.15) is 32.6 Å². The highest BCUT2D eigenvalue weighted by Crippen LogP contribution is 2.47. The molecule has 2 nitrogen and oxygen atoms in total. The van der Waals surface area contributed by atoms with Crippen molar-refractivity contribution in [2.45, 2.75) is 38.7 Å². The monoisotopic (exact) mass is 229 g/mol. The summed E-state index contributed by atoms with van der Waals surface area (Å²) < 4.78 is 0. The molecule has 1 saturated carbocycles. The van der Waals surface area contributed by atoms with Gasteiger partial charge in [-0.3, -0.25) is 0 Å². The van der Waals surface area contributed by atoms with Crippen LogP contribution in [-0.4, -0.2) is 41.5 Å². The van der Waals surface area contributed by atoms with Crippen molar-refractivity contribution in [1.29, 1.82) is 0 Å². The molecule has 1 aliphatic heterocycles. The first-order chi connectivity index (χ1) is 7.15. The highest BCUT2D eigenvalue weighted by Gasteiger charge is 2.42. The number of likely N-dealkylation sites (tertiary alicyclic amines) is 1. The third-order valence-electron chi connectivity index (χ3n) is 4.17. The minimum Gasteiger partial charge on any atom is -0.393 e. The fraction of sp³-hybridized carbons (Fsp3) is 1.00. The van der Waals surface area contributed by atoms with Crippen molar-refractivity contribution >= 4 is 12.6 Å². The van der Waals surface area contributed by atoms with Crippen LogP contribution < -0.4 is 0 Å². The van der Waals surface area contributed by atoms with Crippen LogP contribution in [0.4, 0.5) is 0 Å². The van der Waals surface area contributed by atoms with E-state index in [1.807, 2.05) is 6.92 Å². The molecule has 88 valence electrons. The SMILES string of the molecule is CC(O)C1CCN(CC2(CS)CC2)CC1. The number of aliphatic hydroxyl groups is 1. The first-order valence-corrected chi connectivity index (χ1v) is 6.80. The molecule has 0 bridgehead atoms. The molecule has 0 radical (unpaired) electrons. The number of thiol groups is 1. The van der Waals surface area contributed by atoms with Gasteiger partial charge in [-0.1, -0.05) is 0 Å². The van der Waals surface area contributed by atoms with Crippen LogP contribution in [0.3, 0.4) is 0 Å². The van der Waals surface area contributed by atoms with Gasteiger partial charge in [0.1, 0.15) is 0 Å². The summed E-state index contributed by atoms with van der Waals surface area (Å²) in [7, 11) is 0. The molecule has 15 heavy (non-hydrogen) atoms. The zero-order chi connectivity index (χ0) is 10.9. The van der Waals surface area contributed by atoms with Gasteiger partial charge in [0, 0.05) is 6.54 Å². The van der Waals surface area contributed by atoms with Crippen molar-refractivity contribution in [3.63, 3.8) is 0 Å². The van der Waals surface area contributed by atoms with Crippen LogP contribution in [0, 0.1) is 11.3 Å². The average Bonchev–Trinajstić information content (AvgIpc) is 2.99. The van der Waals surface area contributed by atoms with Crippen molar-refractivity contribution in [2.24, 2.45) is 11.3 Å². The molecule has 0 aromatic rings. The summed E-state index contributed by atoms with van der Waals surface area (Å²) in [5, 5.41) is 9.52. The zero-order valence-corrected chi connectivity index (χ0v) is 10.5. The number of rotatable bonds is 4. The van der Waals surface area contributed by atoms with E-state index in [9.17, 15) is 5.11 Å². The van der Waals surface area contributed by atoms with Crippen molar-refractivity contribution in [1.82, 2.24) is 4.90 Å². The van der Waals surface area contributed by atoms with Crippen molar-refractivity contribution < 1.29 is 5.11 Å². The van der Waals surface area contributed by atoms with E-state index in [-0.39, 0.29) is 6.10 Å². The topological polar surface area (TPSA) is 23.5 Å². The maximum absolute atomic E-state index is 9.52. The number of nitrogens with zero attached hydrogens (tertiary/aromatic N) is 1. The Kier molecular flexibility index (Phi) is 3.63. The second-order valence-corrected chi connectivity index (χ2v) is 5.83. The summed E-state index contributed by atoms with van der Waals surface area (Å²) in [5.74, 6) is 1.58. The second-order valence-electron chi connectivity index (χ2n) is 5.51. The molecule has 1 saturated heterocycles. The van der Waals surface area contributed by atoms with Crippen molar-refractivity contribution in [2.75, 3.05) is 25.4 Å². The summed E-state index contributed by atoms with van der Waals surface area (Å²) >= 11 is 4.45. The van der Waals surface area contributed by atoms with E-state index < -0.39 is 0 Å². The van der Waals surface area contributed by atoms with Crippen molar-refractivity contribution in [3.8, 4) is 0 Å². The van der Waals surface area contributed by atoms with Gasteiger partial charge in [-0.15, -0.1) is 0 Å². The van der Waals surface area contributed by atoms with Gasteiger partial charge in [-0.2, -0.15) is 12.6 Å². The van der Waals surface area contributed by atoms with E-state index in [1.54, 1.807) is 0 Å². The molecule has 0 aromatic heterocycles. The van der Waals surface area contributed by atoms with Crippen LogP contribution in [-0.2, 0) is 0 Å². The largest absolute Gasteiger partial charge is 0.393 e. The standard InChI is InChI=1S/C12H23NOS/c1-10(14)11-2-6-13(7-3-11)8-12(9-15)4-5-12/h10-11,14-15H,2-9H2,1H3. The van der Waals surface area contributed by atoms with Gasteiger partial charge in [0.15, 0.2) is 0 Å². The first kappa shape index (κ1) is 11.7. The van der Waals surface area contributed by atoms with Gasteiger partial charge in [0.25, 0.3) is 0 Å². The highest BCUT2D eigenvalue weighted by atomic mass is 32.1.